The molecule has 0 aliphatic carbocycles. The SMILES string of the molecule is COC(=O)[C@]12COCC=C3CN(CC[C@H]31)Cc1c2[nH]c2ccccc12. The summed E-state index contributed by atoms with van der Waals surface area (Å²) < 4.78 is 11.3. The Kier molecular flexibility index (Phi) is 3.30. The van der Waals surface area contributed by atoms with Gasteiger partial charge >= 0.3 is 5.97 Å². The van der Waals surface area contributed by atoms with E-state index in [0.717, 1.165) is 37.3 Å². The van der Waals surface area contributed by atoms with E-state index >= 15 is 0 Å². The Hall–Kier alpha value is -2.11. The number of hydrogen-bond acceptors (Lipinski definition) is 4. The van der Waals surface area contributed by atoms with Crippen molar-refractivity contribution in [2.75, 3.05) is 33.4 Å². The van der Waals surface area contributed by atoms with Crippen LogP contribution < -0.4 is 0 Å². The van der Waals surface area contributed by atoms with Crippen LogP contribution in [0.25, 0.3) is 10.9 Å². The van der Waals surface area contributed by atoms with Crippen LogP contribution >= 0.6 is 0 Å². The normalized spacial score (nSPS) is 30.8. The molecule has 25 heavy (non-hydrogen) atoms. The minimum Gasteiger partial charge on any atom is -0.468 e. The fraction of sp³-hybridized carbons (Fsp3) is 0.450. The number of carbonyl (C=O) groups is 1. The summed E-state index contributed by atoms with van der Waals surface area (Å²) in [6.07, 6.45) is 3.13. The highest BCUT2D eigenvalue weighted by molar-refractivity contribution is 5.91. The van der Waals surface area contributed by atoms with Gasteiger partial charge in [-0.25, -0.2) is 0 Å². The smallest absolute Gasteiger partial charge is 0.320 e. The standard InChI is InChI=1S/C20H22N2O3/c1-24-19(23)20-12-25-9-7-13-10-22(8-6-16(13)20)11-15-14-4-2-3-5-17(14)21-18(15)20/h2-5,7,16,21H,6,8-12H2,1H3/t16-,20-/m1/s1. The number of nitrogens with zero attached hydrogens (tertiary/aromatic N) is 1. The zero-order valence-corrected chi connectivity index (χ0v) is 14.4. The van der Waals surface area contributed by atoms with Crippen LogP contribution in [0.4, 0.5) is 0 Å². The maximum atomic E-state index is 13.2. The first-order chi connectivity index (χ1) is 12.2. The average Bonchev–Trinajstić information content (AvgIpc) is 2.86. The second-order valence-corrected chi connectivity index (χ2v) is 7.33. The Labute approximate surface area is 146 Å². The second kappa shape index (κ2) is 5.44. The van der Waals surface area contributed by atoms with Crippen LogP contribution in [0, 0.1) is 5.92 Å². The number of hydrogen-bond donors (Lipinski definition) is 1. The molecule has 130 valence electrons. The van der Waals surface area contributed by atoms with Crippen LogP contribution in [0.3, 0.4) is 0 Å². The molecule has 6 rings (SSSR count). The number of benzene rings is 1. The Bertz CT molecular complexity index is 884. The van der Waals surface area contributed by atoms with E-state index in [2.05, 4.69) is 34.2 Å². The maximum Gasteiger partial charge on any atom is 0.320 e. The molecule has 4 bridgehead atoms. The van der Waals surface area contributed by atoms with Gasteiger partial charge in [-0.05, 0) is 24.6 Å². The predicted octanol–water partition coefficient (Wildman–Crippen LogP) is 2.37. The van der Waals surface area contributed by atoms with E-state index in [1.807, 2.05) is 6.07 Å². The van der Waals surface area contributed by atoms with Crippen molar-refractivity contribution in [1.29, 1.82) is 0 Å². The molecule has 3 atom stereocenters. The van der Waals surface area contributed by atoms with Gasteiger partial charge in [0.2, 0.25) is 0 Å². The number of H-pyrrole nitrogens is 1. The predicted molar refractivity (Wildman–Crippen MR) is 94.3 cm³/mol. The molecule has 5 nitrogen and oxygen atoms in total. The van der Waals surface area contributed by atoms with Crippen LogP contribution in [-0.4, -0.2) is 49.3 Å². The number of piperidine rings is 1. The van der Waals surface area contributed by atoms with Gasteiger partial charge in [0.1, 0.15) is 5.41 Å². The van der Waals surface area contributed by atoms with Crippen molar-refractivity contribution >= 4 is 16.9 Å². The molecule has 4 aliphatic rings. The number of ether oxygens (including phenoxy) is 2. The highest BCUT2D eigenvalue weighted by atomic mass is 16.5. The van der Waals surface area contributed by atoms with Gasteiger partial charge in [-0.2, -0.15) is 0 Å². The summed E-state index contributed by atoms with van der Waals surface area (Å²) >= 11 is 0. The Morgan fingerprint density at radius 3 is 3.12 bits per heavy atom. The molecule has 1 N–H and O–H groups in total. The van der Waals surface area contributed by atoms with Crippen LogP contribution in [-0.2, 0) is 26.2 Å². The molecular weight excluding hydrogens is 316 g/mol. The summed E-state index contributed by atoms with van der Waals surface area (Å²) in [5.41, 5.74) is 3.82. The fourth-order valence-electron chi connectivity index (χ4n) is 5.04. The fourth-order valence-corrected chi connectivity index (χ4v) is 5.04. The van der Waals surface area contributed by atoms with Crippen molar-refractivity contribution in [1.82, 2.24) is 9.88 Å². The molecular formula is C20H22N2O3. The van der Waals surface area contributed by atoms with Gasteiger partial charge < -0.3 is 14.5 Å². The molecule has 5 heterocycles. The minimum atomic E-state index is -0.780. The summed E-state index contributed by atoms with van der Waals surface area (Å²) in [6, 6.07) is 8.31. The third-order valence-electron chi connectivity index (χ3n) is 6.17. The lowest BCUT2D eigenvalue weighted by Gasteiger charge is -2.45. The number of methoxy groups -OCH3 is 1. The van der Waals surface area contributed by atoms with Crippen molar-refractivity contribution in [3.63, 3.8) is 0 Å². The second-order valence-electron chi connectivity index (χ2n) is 7.33. The van der Waals surface area contributed by atoms with Gasteiger partial charge in [-0.15, -0.1) is 0 Å². The quantitative estimate of drug-likeness (QED) is 0.641. The third-order valence-corrected chi connectivity index (χ3v) is 6.17. The number of carbonyl (C=O) groups excluding carboxylic acids is 1. The molecule has 4 aliphatic heterocycles. The van der Waals surface area contributed by atoms with Crippen molar-refractivity contribution in [2.24, 2.45) is 5.92 Å². The lowest BCUT2D eigenvalue weighted by molar-refractivity contribution is -0.153. The van der Waals surface area contributed by atoms with Crippen molar-refractivity contribution in [2.45, 2.75) is 18.4 Å². The van der Waals surface area contributed by atoms with Gasteiger partial charge in [-0.3, -0.25) is 9.69 Å². The topological polar surface area (TPSA) is 54.6 Å². The van der Waals surface area contributed by atoms with Gasteiger partial charge in [0.15, 0.2) is 0 Å². The summed E-state index contributed by atoms with van der Waals surface area (Å²) in [4.78, 5) is 19.2. The van der Waals surface area contributed by atoms with E-state index in [1.54, 1.807) is 0 Å². The molecule has 0 spiro atoms. The van der Waals surface area contributed by atoms with Crippen LogP contribution in [0.2, 0.25) is 0 Å². The Morgan fingerprint density at radius 2 is 2.24 bits per heavy atom. The number of esters is 1. The number of aromatic nitrogens is 1. The van der Waals surface area contributed by atoms with E-state index in [0.29, 0.717) is 13.2 Å². The number of aromatic amines is 1. The first-order valence-electron chi connectivity index (χ1n) is 8.91. The van der Waals surface area contributed by atoms with Crippen LogP contribution in [0.1, 0.15) is 17.7 Å². The van der Waals surface area contributed by atoms with Gasteiger partial charge in [0, 0.05) is 35.6 Å². The molecule has 2 aromatic rings. The molecule has 0 saturated carbocycles. The van der Waals surface area contributed by atoms with Crippen molar-refractivity contribution in [3.05, 3.63) is 47.2 Å². The zero-order valence-electron chi connectivity index (χ0n) is 14.4. The van der Waals surface area contributed by atoms with Crippen molar-refractivity contribution in [3.8, 4) is 0 Å². The Morgan fingerprint density at radius 1 is 1.36 bits per heavy atom. The van der Waals surface area contributed by atoms with Crippen molar-refractivity contribution < 1.29 is 14.3 Å². The van der Waals surface area contributed by atoms with E-state index in [-0.39, 0.29) is 11.9 Å². The van der Waals surface area contributed by atoms with E-state index in [9.17, 15) is 4.79 Å². The first kappa shape index (κ1) is 15.2. The van der Waals surface area contributed by atoms with Crippen LogP contribution in [0.5, 0.6) is 0 Å². The number of para-hydroxylation sites is 1. The minimum absolute atomic E-state index is 0.130. The number of rotatable bonds is 1. The van der Waals surface area contributed by atoms with E-state index < -0.39 is 5.41 Å². The lowest BCUT2D eigenvalue weighted by Crippen LogP contribution is -2.54. The lowest BCUT2D eigenvalue weighted by atomic mass is 9.65. The van der Waals surface area contributed by atoms with Gasteiger partial charge in [0.25, 0.3) is 0 Å². The molecule has 1 aromatic carbocycles. The largest absolute Gasteiger partial charge is 0.468 e. The van der Waals surface area contributed by atoms with E-state index in [4.69, 9.17) is 9.47 Å². The number of nitrogens with one attached hydrogen (secondary N) is 1. The monoisotopic (exact) mass is 338 g/mol. The maximum absolute atomic E-state index is 13.2. The molecule has 1 unspecified atom stereocenters. The highest BCUT2D eigenvalue weighted by Crippen LogP contribution is 2.48. The Balaban J connectivity index is 1.86. The molecule has 1 aromatic heterocycles. The molecule has 1 saturated heterocycles. The summed E-state index contributed by atoms with van der Waals surface area (Å²) in [6.45, 7) is 3.69. The molecule has 0 amide bonds. The molecule has 0 radical (unpaired) electrons. The highest BCUT2D eigenvalue weighted by Gasteiger charge is 2.55. The summed E-state index contributed by atoms with van der Waals surface area (Å²) in [5.74, 6) is -0.0562. The first-order valence-corrected chi connectivity index (χ1v) is 8.91. The van der Waals surface area contributed by atoms with E-state index in [1.165, 1.54) is 23.6 Å². The van der Waals surface area contributed by atoms with Gasteiger partial charge in [0.05, 0.1) is 20.3 Å². The molecule has 5 heteroatoms. The average molecular weight is 338 g/mol. The number of fused-ring (bicyclic) bond motifs is 2. The molecule has 1 fully saturated rings. The van der Waals surface area contributed by atoms with Crippen LogP contribution in [0.15, 0.2) is 35.9 Å². The third kappa shape index (κ3) is 1.99. The summed E-state index contributed by atoms with van der Waals surface area (Å²) in [7, 11) is 1.49. The summed E-state index contributed by atoms with van der Waals surface area (Å²) in [5, 5.41) is 1.20. The zero-order chi connectivity index (χ0) is 17.0. The van der Waals surface area contributed by atoms with Gasteiger partial charge in [-0.1, -0.05) is 29.8 Å².